The topological polar surface area (TPSA) is 60.9 Å². The molecule has 0 bridgehead atoms. The van der Waals surface area contributed by atoms with Crippen LogP contribution in [0.25, 0.3) is 0 Å². The van der Waals surface area contributed by atoms with Gasteiger partial charge in [0.05, 0.1) is 5.75 Å². The zero-order chi connectivity index (χ0) is 24.5. The number of rotatable bonds is 5. The van der Waals surface area contributed by atoms with Crippen molar-refractivity contribution in [3.8, 4) is 0 Å². The summed E-state index contributed by atoms with van der Waals surface area (Å²) in [6, 6.07) is 11.3. The third kappa shape index (κ3) is 5.38. The molecule has 0 unspecified atom stereocenters. The van der Waals surface area contributed by atoms with Gasteiger partial charge in [-0.15, -0.1) is 0 Å². The van der Waals surface area contributed by atoms with Gasteiger partial charge >= 0.3 is 0 Å². The summed E-state index contributed by atoms with van der Waals surface area (Å²) in [5.41, 5.74) is 4.22. The lowest BCUT2D eigenvalue weighted by Crippen LogP contribution is -2.52. The Hall–Kier alpha value is -1.80. The number of hydrogen-bond acceptors (Lipinski definition) is 4. The van der Waals surface area contributed by atoms with Crippen molar-refractivity contribution in [2.45, 2.75) is 32.4 Å². The lowest BCUT2D eigenvalue weighted by Gasteiger charge is -2.39. The van der Waals surface area contributed by atoms with Crippen molar-refractivity contribution in [2.24, 2.45) is 5.92 Å². The number of piperidine rings is 1. The van der Waals surface area contributed by atoms with Gasteiger partial charge in [-0.1, -0.05) is 41.4 Å². The Kier molecular flexibility index (Phi) is 7.77. The van der Waals surface area contributed by atoms with Gasteiger partial charge in [-0.25, -0.2) is 12.7 Å². The fraction of sp³-hybridized carbons (Fsp3) is 0.480. The highest BCUT2D eigenvalue weighted by Gasteiger charge is 2.34. The Morgan fingerprint density at radius 2 is 1.50 bits per heavy atom. The summed E-state index contributed by atoms with van der Waals surface area (Å²) < 4.78 is 27.4. The molecule has 2 fully saturated rings. The first-order chi connectivity index (χ1) is 16.2. The van der Waals surface area contributed by atoms with Gasteiger partial charge in [-0.2, -0.15) is 0 Å². The average molecular weight is 525 g/mol. The van der Waals surface area contributed by atoms with Crippen LogP contribution >= 0.6 is 23.2 Å². The lowest BCUT2D eigenvalue weighted by molar-refractivity contribution is -0.137. The number of nitrogens with zero attached hydrogens (tertiary/aromatic N) is 3. The average Bonchev–Trinajstić information content (AvgIpc) is 2.83. The van der Waals surface area contributed by atoms with Crippen molar-refractivity contribution in [1.29, 1.82) is 0 Å². The van der Waals surface area contributed by atoms with Crippen molar-refractivity contribution < 1.29 is 13.2 Å². The van der Waals surface area contributed by atoms with Gasteiger partial charge in [-0.3, -0.25) is 4.79 Å². The van der Waals surface area contributed by atoms with E-state index in [2.05, 4.69) is 36.9 Å². The van der Waals surface area contributed by atoms with Crippen molar-refractivity contribution in [2.75, 3.05) is 44.2 Å². The van der Waals surface area contributed by atoms with Crippen LogP contribution in [0.5, 0.6) is 0 Å². The zero-order valence-electron chi connectivity index (χ0n) is 19.6. The molecule has 0 atom stereocenters. The van der Waals surface area contributed by atoms with Crippen LogP contribution in [-0.4, -0.2) is 62.8 Å². The predicted molar refractivity (Wildman–Crippen MR) is 138 cm³/mol. The van der Waals surface area contributed by atoms with Crippen LogP contribution in [-0.2, 0) is 20.6 Å². The van der Waals surface area contributed by atoms with Crippen LogP contribution < -0.4 is 4.90 Å². The molecule has 2 aromatic rings. The van der Waals surface area contributed by atoms with E-state index in [0.717, 1.165) is 13.1 Å². The molecule has 2 aromatic carbocycles. The molecule has 2 aliphatic rings. The maximum absolute atomic E-state index is 13.2. The van der Waals surface area contributed by atoms with Crippen molar-refractivity contribution >= 4 is 44.8 Å². The normalized spacial score (nSPS) is 18.4. The third-order valence-electron chi connectivity index (χ3n) is 7.09. The molecule has 2 aliphatic heterocycles. The van der Waals surface area contributed by atoms with Gasteiger partial charge in [0.1, 0.15) is 0 Å². The highest BCUT2D eigenvalue weighted by Crippen LogP contribution is 2.30. The lowest BCUT2D eigenvalue weighted by atomic mass is 9.96. The quantitative estimate of drug-likeness (QED) is 0.578. The number of anilines is 1. The third-order valence-corrected chi connectivity index (χ3v) is 9.61. The highest BCUT2D eigenvalue weighted by molar-refractivity contribution is 7.88. The summed E-state index contributed by atoms with van der Waals surface area (Å²) in [7, 11) is -3.57. The zero-order valence-corrected chi connectivity index (χ0v) is 22.0. The number of benzene rings is 2. The van der Waals surface area contributed by atoms with E-state index in [1.165, 1.54) is 21.1 Å². The first kappa shape index (κ1) is 25.3. The molecule has 0 N–H and O–H groups in total. The number of aryl methyl sites for hydroxylation is 1. The fourth-order valence-electron chi connectivity index (χ4n) is 4.83. The monoisotopic (exact) mass is 523 g/mol. The van der Waals surface area contributed by atoms with Gasteiger partial charge in [0.2, 0.25) is 15.9 Å². The molecule has 2 heterocycles. The summed E-state index contributed by atoms with van der Waals surface area (Å²) in [5, 5.41) is 0.697. The maximum atomic E-state index is 13.2. The molecule has 34 heavy (non-hydrogen) atoms. The standard InChI is InChI=1S/C25H31Cl2N3O3S/c1-18-5-3-8-24(19(18)2)28-13-15-29(16-14-28)25(31)20-9-11-30(12-10-20)34(32,33)17-21-22(26)6-4-7-23(21)27/h3-8,20H,9-17H2,1-2H3. The SMILES string of the molecule is Cc1cccc(N2CCN(C(=O)C3CCN(S(=O)(=O)Cc4c(Cl)cccc4Cl)CC3)CC2)c1C. The Morgan fingerprint density at radius 1 is 0.912 bits per heavy atom. The second kappa shape index (κ2) is 10.4. The molecule has 0 aliphatic carbocycles. The van der Waals surface area contributed by atoms with Crippen LogP contribution in [0.15, 0.2) is 36.4 Å². The first-order valence-corrected chi connectivity index (χ1v) is 14.0. The van der Waals surface area contributed by atoms with E-state index in [9.17, 15) is 13.2 Å². The van der Waals surface area contributed by atoms with E-state index < -0.39 is 10.0 Å². The number of hydrogen-bond donors (Lipinski definition) is 0. The van der Waals surface area contributed by atoms with Crippen molar-refractivity contribution in [3.05, 3.63) is 63.1 Å². The van der Waals surface area contributed by atoms with E-state index >= 15 is 0 Å². The van der Waals surface area contributed by atoms with Gasteiger partial charge < -0.3 is 9.80 Å². The number of amides is 1. The minimum Gasteiger partial charge on any atom is -0.368 e. The molecular formula is C25H31Cl2N3O3S. The first-order valence-electron chi connectivity index (χ1n) is 11.7. The second-order valence-corrected chi connectivity index (χ2v) is 11.9. The van der Waals surface area contributed by atoms with Crippen LogP contribution in [0.4, 0.5) is 5.69 Å². The van der Waals surface area contributed by atoms with Gasteiger partial charge in [0.25, 0.3) is 0 Å². The highest BCUT2D eigenvalue weighted by atomic mass is 35.5. The summed E-state index contributed by atoms with van der Waals surface area (Å²) in [4.78, 5) is 17.5. The number of piperazine rings is 1. The molecule has 184 valence electrons. The number of carbonyl (C=O) groups is 1. The summed E-state index contributed by atoms with van der Waals surface area (Å²) in [5.74, 6) is -0.223. The van der Waals surface area contributed by atoms with Gasteiger partial charge in [0.15, 0.2) is 0 Å². The molecule has 0 radical (unpaired) electrons. The Bertz CT molecular complexity index is 1140. The van der Waals surface area contributed by atoms with E-state index in [-0.39, 0.29) is 17.6 Å². The number of sulfonamides is 1. The van der Waals surface area contributed by atoms with Gasteiger partial charge in [-0.05, 0) is 56.0 Å². The minimum atomic E-state index is -3.57. The van der Waals surface area contributed by atoms with Gasteiger partial charge in [0, 0.05) is 66.5 Å². The maximum Gasteiger partial charge on any atom is 0.225 e. The predicted octanol–water partition coefficient (Wildman–Crippen LogP) is 4.50. The molecule has 2 saturated heterocycles. The fourth-order valence-corrected chi connectivity index (χ4v) is 7.14. The van der Waals surface area contributed by atoms with Crippen molar-refractivity contribution in [1.82, 2.24) is 9.21 Å². The molecule has 0 spiro atoms. The van der Waals surface area contributed by atoms with E-state index in [0.29, 0.717) is 54.6 Å². The minimum absolute atomic E-state index is 0.136. The van der Waals surface area contributed by atoms with Crippen molar-refractivity contribution in [3.63, 3.8) is 0 Å². The molecule has 9 heteroatoms. The van der Waals surface area contributed by atoms with Crippen LogP contribution in [0.3, 0.4) is 0 Å². The molecule has 0 saturated carbocycles. The summed E-state index contributed by atoms with van der Waals surface area (Å²) in [6.45, 7) is 7.93. The Morgan fingerprint density at radius 3 is 2.12 bits per heavy atom. The van der Waals surface area contributed by atoms with Crippen LogP contribution in [0.1, 0.15) is 29.5 Å². The van der Waals surface area contributed by atoms with Crippen LogP contribution in [0.2, 0.25) is 10.0 Å². The Balaban J connectivity index is 1.31. The largest absolute Gasteiger partial charge is 0.368 e. The molecule has 1 amide bonds. The molecule has 4 rings (SSSR count). The van der Waals surface area contributed by atoms with E-state index in [1.807, 2.05) is 4.90 Å². The van der Waals surface area contributed by atoms with E-state index in [4.69, 9.17) is 23.2 Å². The smallest absolute Gasteiger partial charge is 0.225 e. The second-order valence-electron chi connectivity index (χ2n) is 9.16. The van der Waals surface area contributed by atoms with Crippen LogP contribution in [0, 0.1) is 19.8 Å². The summed E-state index contributed by atoms with van der Waals surface area (Å²) in [6.07, 6.45) is 1.07. The molecule has 6 nitrogen and oxygen atoms in total. The molecular weight excluding hydrogens is 493 g/mol. The Labute approximate surface area is 212 Å². The number of halogens is 2. The molecule has 0 aromatic heterocycles. The van der Waals surface area contributed by atoms with E-state index in [1.54, 1.807) is 18.2 Å². The number of carbonyl (C=O) groups excluding carboxylic acids is 1. The summed E-state index contributed by atoms with van der Waals surface area (Å²) >= 11 is 12.3.